The third-order valence-corrected chi connectivity index (χ3v) is 3.15. The van der Waals surface area contributed by atoms with Crippen molar-refractivity contribution in [3.8, 4) is 0 Å². The van der Waals surface area contributed by atoms with E-state index in [1.54, 1.807) is 0 Å². The van der Waals surface area contributed by atoms with E-state index in [0.29, 0.717) is 0 Å². The summed E-state index contributed by atoms with van der Waals surface area (Å²) in [5.41, 5.74) is 2.16. The van der Waals surface area contributed by atoms with Gasteiger partial charge in [-0.15, -0.1) is 0 Å². The quantitative estimate of drug-likeness (QED) is 0.716. The number of carbonyl (C=O) groups is 2. The number of carboxylic acids is 1. The van der Waals surface area contributed by atoms with Crippen molar-refractivity contribution in [2.75, 3.05) is 13.7 Å². The van der Waals surface area contributed by atoms with Gasteiger partial charge >= 0.3 is 12.0 Å². The zero-order valence-corrected chi connectivity index (χ0v) is 12.6. The van der Waals surface area contributed by atoms with Crippen LogP contribution in [0, 0.1) is 6.92 Å². The molecule has 0 aliphatic rings. The second kappa shape index (κ2) is 8.26. The first kappa shape index (κ1) is 17.0. The number of aryl methyl sites for hydroxylation is 1. The maximum atomic E-state index is 11.8. The van der Waals surface area contributed by atoms with Crippen LogP contribution >= 0.6 is 0 Å². The fourth-order valence-corrected chi connectivity index (χ4v) is 1.83. The Morgan fingerprint density at radius 3 is 2.43 bits per heavy atom. The molecular formula is C15H22N2O4. The highest BCUT2D eigenvalue weighted by molar-refractivity contribution is 5.74. The third kappa shape index (κ3) is 6.27. The molecule has 1 aromatic carbocycles. The van der Waals surface area contributed by atoms with Gasteiger partial charge in [0, 0.05) is 13.7 Å². The number of benzene rings is 1. The molecule has 1 aromatic rings. The van der Waals surface area contributed by atoms with Gasteiger partial charge in [-0.1, -0.05) is 29.8 Å². The third-order valence-electron chi connectivity index (χ3n) is 3.15. The first-order valence-electron chi connectivity index (χ1n) is 6.78. The monoisotopic (exact) mass is 294 g/mol. The molecule has 0 saturated heterocycles. The van der Waals surface area contributed by atoms with Crippen molar-refractivity contribution >= 4 is 12.0 Å². The van der Waals surface area contributed by atoms with E-state index in [1.165, 1.54) is 7.11 Å². The van der Waals surface area contributed by atoms with Gasteiger partial charge in [0.1, 0.15) is 0 Å². The molecule has 0 aliphatic heterocycles. The summed E-state index contributed by atoms with van der Waals surface area (Å²) in [6.07, 6.45) is -0.687. The lowest BCUT2D eigenvalue weighted by molar-refractivity contribution is -0.139. The van der Waals surface area contributed by atoms with Crippen LogP contribution in [-0.4, -0.2) is 36.9 Å². The number of hydrogen-bond donors (Lipinski definition) is 3. The van der Waals surface area contributed by atoms with E-state index in [1.807, 2.05) is 38.1 Å². The van der Waals surface area contributed by atoms with Crippen molar-refractivity contribution < 1.29 is 19.4 Å². The Kier molecular flexibility index (Phi) is 6.68. The van der Waals surface area contributed by atoms with E-state index in [-0.39, 0.29) is 25.0 Å². The molecule has 21 heavy (non-hydrogen) atoms. The molecule has 0 fully saturated rings. The molecule has 0 aromatic heterocycles. The molecule has 6 nitrogen and oxygen atoms in total. The van der Waals surface area contributed by atoms with E-state index in [9.17, 15) is 9.59 Å². The number of aliphatic carboxylic acids is 1. The predicted molar refractivity (Wildman–Crippen MR) is 79.2 cm³/mol. The average Bonchev–Trinajstić information content (AvgIpc) is 2.43. The van der Waals surface area contributed by atoms with Crippen molar-refractivity contribution in [2.45, 2.75) is 32.4 Å². The molecule has 0 aliphatic carbocycles. The Morgan fingerprint density at radius 1 is 1.29 bits per heavy atom. The highest BCUT2D eigenvalue weighted by Gasteiger charge is 2.14. The molecule has 2 atom stereocenters. The highest BCUT2D eigenvalue weighted by Crippen LogP contribution is 2.12. The number of hydrogen-bond acceptors (Lipinski definition) is 3. The molecule has 2 amide bonds. The van der Waals surface area contributed by atoms with E-state index in [4.69, 9.17) is 9.84 Å². The normalized spacial score (nSPS) is 13.3. The van der Waals surface area contributed by atoms with Gasteiger partial charge in [0.15, 0.2) is 0 Å². The summed E-state index contributed by atoms with van der Waals surface area (Å²) >= 11 is 0. The lowest BCUT2D eigenvalue weighted by Gasteiger charge is -2.18. The van der Waals surface area contributed by atoms with E-state index in [0.717, 1.165) is 11.1 Å². The number of ether oxygens (including phenoxy) is 1. The van der Waals surface area contributed by atoms with E-state index < -0.39 is 12.1 Å². The summed E-state index contributed by atoms with van der Waals surface area (Å²) < 4.78 is 4.99. The van der Waals surface area contributed by atoms with Gasteiger partial charge in [-0.3, -0.25) is 4.79 Å². The fraction of sp³-hybridized carbons (Fsp3) is 0.467. The number of urea groups is 1. The summed E-state index contributed by atoms with van der Waals surface area (Å²) in [6.45, 7) is 4.03. The van der Waals surface area contributed by atoms with Gasteiger partial charge in [0.2, 0.25) is 0 Å². The van der Waals surface area contributed by atoms with Gasteiger partial charge in [0.05, 0.1) is 18.6 Å². The maximum Gasteiger partial charge on any atom is 0.315 e. The molecule has 0 radical (unpaired) electrons. The zero-order valence-electron chi connectivity index (χ0n) is 12.6. The van der Waals surface area contributed by atoms with Crippen molar-refractivity contribution in [1.29, 1.82) is 0 Å². The second-order valence-electron chi connectivity index (χ2n) is 4.94. The number of carbonyl (C=O) groups excluding carboxylic acids is 1. The lowest BCUT2D eigenvalue weighted by Crippen LogP contribution is -2.41. The van der Waals surface area contributed by atoms with Gasteiger partial charge in [-0.25, -0.2) is 4.79 Å². The largest absolute Gasteiger partial charge is 0.481 e. The second-order valence-corrected chi connectivity index (χ2v) is 4.94. The first-order valence-corrected chi connectivity index (χ1v) is 6.78. The molecular weight excluding hydrogens is 272 g/mol. The molecule has 0 saturated carbocycles. The van der Waals surface area contributed by atoms with Crippen molar-refractivity contribution in [2.24, 2.45) is 0 Å². The maximum absolute atomic E-state index is 11.8. The number of methoxy groups -OCH3 is 1. The molecule has 0 heterocycles. The number of rotatable bonds is 7. The summed E-state index contributed by atoms with van der Waals surface area (Å²) in [7, 11) is 1.42. The van der Waals surface area contributed by atoms with Crippen LogP contribution in [0.15, 0.2) is 24.3 Å². The molecule has 0 bridgehead atoms. The first-order chi connectivity index (χ1) is 9.92. The molecule has 6 heteroatoms. The number of carboxylic acid groups (broad SMARTS) is 1. The van der Waals surface area contributed by atoms with Crippen LogP contribution in [0.3, 0.4) is 0 Å². The Hall–Kier alpha value is -2.08. The Bertz CT molecular complexity index is 473. The summed E-state index contributed by atoms with van der Waals surface area (Å²) in [4.78, 5) is 22.4. The van der Waals surface area contributed by atoms with Crippen LogP contribution in [0.5, 0.6) is 0 Å². The fourth-order valence-electron chi connectivity index (χ4n) is 1.83. The van der Waals surface area contributed by atoms with Crippen molar-refractivity contribution in [3.05, 3.63) is 35.4 Å². The van der Waals surface area contributed by atoms with Crippen LogP contribution in [0.1, 0.15) is 30.5 Å². The van der Waals surface area contributed by atoms with Crippen LogP contribution in [-0.2, 0) is 9.53 Å². The van der Waals surface area contributed by atoms with Crippen LogP contribution in [0.2, 0.25) is 0 Å². The van der Waals surface area contributed by atoms with Crippen molar-refractivity contribution in [1.82, 2.24) is 10.6 Å². The molecule has 0 spiro atoms. The minimum Gasteiger partial charge on any atom is -0.481 e. The van der Waals surface area contributed by atoms with Gasteiger partial charge in [-0.2, -0.15) is 0 Å². The molecule has 116 valence electrons. The minimum absolute atomic E-state index is 0.133. The minimum atomic E-state index is -0.961. The van der Waals surface area contributed by atoms with Crippen molar-refractivity contribution in [3.63, 3.8) is 0 Å². The number of nitrogens with one attached hydrogen (secondary N) is 2. The van der Waals surface area contributed by atoms with Gasteiger partial charge in [0.25, 0.3) is 0 Å². The average molecular weight is 294 g/mol. The molecule has 3 N–H and O–H groups in total. The highest BCUT2D eigenvalue weighted by atomic mass is 16.5. The summed E-state index contributed by atoms with van der Waals surface area (Å²) in [5, 5.41) is 14.1. The SMILES string of the molecule is COC(CNC(=O)NC(C)c1ccc(C)cc1)CC(=O)O. The lowest BCUT2D eigenvalue weighted by atomic mass is 10.1. The van der Waals surface area contributed by atoms with Gasteiger partial charge < -0.3 is 20.5 Å². The Labute approximate surface area is 124 Å². The predicted octanol–water partition coefficient (Wildman–Crippen LogP) is 1.84. The summed E-state index contributed by atoms with van der Waals surface area (Å²) in [5.74, 6) is -0.961. The van der Waals surface area contributed by atoms with Crippen LogP contribution in [0.25, 0.3) is 0 Å². The van der Waals surface area contributed by atoms with Crippen LogP contribution in [0.4, 0.5) is 4.79 Å². The molecule has 2 unspecified atom stereocenters. The van der Waals surface area contributed by atoms with Gasteiger partial charge in [-0.05, 0) is 19.4 Å². The Balaban J connectivity index is 2.42. The topological polar surface area (TPSA) is 87.7 Å². The number of amides is 2. The smallest absolute Gasteiger partial charge is 0.315 e. The standard InChI is InChI=1S/C15H22N2O4/c1-10-4-6-12(7-5-10)11(2)17-15(20)16-9-13(21-3)8-14(18)19/h4-7,11,13H,8-9H2,1-3H3,(H,18,19)(H2,16,17,20). The zero-order chi connectivity index (χ0) is 15.8. The van der Waals surface area contributed by atoms with E-state index in [2.05, 4.69) is 10.6 Å². The van der Waals surface area contributed by atoms with Crippen LogP contribution < -0.4 is 10.6 Å². The molecule has 1 rings (SSSR count). The Morgan fingerprint density at radius 2 is 1.90 bits per heavy atom. The van der Waals surface area contributed by atoms with E-state index >= 15 is 0 Å². The summed E-state index contributed by atoms with van der Waals surface area (Å²) in [6, 6.07) is 7.41.